The summed E-state index contributed by atoms with van der Waals surface area (Å²) in [7, 11) is 0. The lowest BCUT2D eigenvalue weighted by Crippen LogP contribution is -2.37. The van der Waals surface area contributed by atoms with E-state index in [0.29, 0.717) is 36.0 Å². The largest absolute Gasteiger partial charge is 0.508 e. The second kappa shape index (κ2) is 11.6. The van der Waals surface area contributed by atoms with E-state index in [1.165, 1.54) is 11.1 Å². The van der Waals surface area contributed by atoms with Gasteiger partial charge in [-0.25, -0.2) is 0 Å². The van der Waals surface area contributed by atoms with Crippen LogP contribution in [0.5, 0.6) is 23.0 Å². The van der Waals surface area contributed by atoms with Crippen LogP contribution < -0.4 is 0 Å². The zero-order valence-corrected chi connectivity index (χ0v) is 26.5. The van der Waals surface area contributed by atoms with Gasteiger partial charge in [-0.1, -0.05) is 69.3 Å². The number of aromatic hydroxyl groups is 4. The third-order valence-corrected chi connectivity index (χ3v) is 10.3. The van der Waals surface area contributed by atoms with Gasteiger partial charge in [-0.3, -0.25) is 0 Å². The van der Waals surface area contributed by atoms with Gasteiger partial charge in [-0.2, -0.15) is 0 Å². The van der Waals surface area contributed by atoms with Gasteiger partial charge in [0.15, 0.2) is 0 Å². The van der Waals surface area contributed by atoms with Crippen LogP contribution in [0.25, 0.3) is 0 Å². The molecule has 4 aromatic rings. The molecule has 0 aliphatic heterocycles. The number of hydrogen-bond donors (Lipinski definition) is 4. The Bertz CT molecular complexity index is 1620. The average molecular weight is 579 g/mol. The molecule has 1 fully saturated rings. The lowest BCUT2D eigenvalue weighted by atomic mass is 9.60. The summed E-state index contributed by atoms with van der Waals surface area (Å²) in [4.78, 5) is 0. The molecule has 43 heavy (non-hydrogen) atoms. The van der Waals surface area contributed by atoms with Crippen LogP contribution in [-0.4, -0.2) is 20.4 Å². The maximum atomic E-state index is 11.0. The molecule has 0 heterocycles. The summed E-state index contributed by atoms with van der Waals surface area (Å²) in [5.41, 5.74) is 9.16. The Labute approximate surface area is 256 Å². The second-order valence-corrected chi connectivity index (χ2v) is 13.8. The average Bonchev–Trinajstić information content (AvgIpc) is 2.96. The highest BCUT2D eigenvalue weighted by Crippen LogP contribution is 2.49. The highest BCUT2D eigenvalue weighted by atomic mass is 16.3. The van der Waals surface area contributed by atoms with Gasteiger partial charge in [0.1, 0.15) is 23.0 Å². The van der Waals surface area contributed by atoms with Gasteiger partial charge < -0.3 is 20.4 Å². The van der Waals surface area contributed by atoms with Gasteiger partial charge >= 0.3 is 0 Å². The molecule has 1 aliphatic carbocycles. The van der Waals surface area contributed by atoms with E-state index >= 15 is 0 Å². The zero-order chi connectivity index (χ0) is 31.1. The molecule has 0 bridgehead atoms. The molecule has 0 aromatic heterocycles. The van der Waals surface area contributed by atoms with Gasteiger partial charge in [-0.15, -0.1) is 0 Å². The van der Waals surface area contributed by atoms with Crippen LogP contribution in [0.2, 0.25) is 0 Å². The minimum absolute atomic E-state index is 0.0293. The van der Waals surface area contributed by atoms with Crippen molar-refractivity contribution >= 4 is 0 Å². The number of hydrogen-bond acceptors (Lipinski definition) is 4. The van der Waals surface area contributed by atoms with Crippen molar-refractivity contribution in [3.63, 3.8) is 0 Å². The van der Waals surface area contributed by atoms with Crippen molar-refractivity contribution in [3.05, 3.63) is 117 Å². The normalized spacial score (nSPS) is 19.0. The lowest BCUT2D eigenvalue weighted by molar-refractivity contribution is 0.178. The lowest BCUT2D eigenvalue weighted by Gasteiger charge is -2.44. The van der Waals surface area contributed by atoms with Crippen LogP contribution in [-0.2, 0) is 23.7 Å². The molecular weight excluding hydrogens is 532 g/mol. The van der Waals surface area contributed by atoms with Crippen molar-refractivity contribution in [1.29, 1.82) is 0 Å². The van der Waals surface area contributed by atoms with Crippen molar-refractivity contribution in [1.82, 2.24) is 0 Å². The molecule has 4 heteroatoms. The van der Waals surface area contributed by atoms with Crippen LogP contribution in [0.3, 0.4) is 0 Å². The number of aryl methyl sites for hydroxylation is 3. The van der Waals surface area contributed by atoms with E-state index in [9.17, 15) is 20.4 Å². The summed E-state index contributed by atoms with van der Waals surface area (Å²) < 4.78 is 0. The monoisotopic (exact) mass is 578 g/mol. The van der Waals surface area contributed by atoms with E-state index in [1.54, 1.807) is 18.2 Å². The summed E-state index contributed by atoms with van der Waals surface area (Å²) in [5, 5.41) is 41.5. The number of phenolic OH excluding ortho intramolecular Hbond substituents is 4. The fourth-order valence-corrected chi connectivity index (χ4v) is 7.08. The molecule has 0 spiro atoms. The molecule has 226 valence electrons. The molecule has 1 saturated carbocycles. The van der Waals surface area contributed by atoms with Crippen molar-refractivity contribution in [2.45, 2.75) is 90.9 Å². The van der Waals surface area contributed by atoms with Crippen molar-refractivity contribution in [3.8, 4) is 23.0 Å². The van der Waals surface area contributed by atoms with Gasteiger partial charge in [0, 0.05) is 12.8 Å². The van der Waals surface area contributed by atoms with E-state index in [2.05, 4.69) is 45.0 Å². The summed E-state index contributed by atoms with van der Waals surface area (Å²) in [6, 6.07) is 21.6. The second-order valence-electron chi connectivity index (χ2n) is 13.8. The Morgan fingerprint density at radius 1 is 0.674 bits per heavy atom. The molecule has 1 aliphatic rings. The van der Waals surface area contributed by atoms with E-state index < -0.39 is 0 Å². The summed E-state index contributed by atoms with van der Waals surface area (Å²) >= 11 is 0. The van der Waals surface area contributed by atoms with Crippen LogP contribution in [0, 0.1) is 26.7 Å². The van der Waals surface area contributed by atoms with Gasteiger partial charge in [0.2, 0.25) is 0 Å². The smallest absolute Gasteiger partial charge is 0.122 e. The van der Waals surface area contributed by atoms with Gasteiger partial charge in [0.25, 0.3) is 0 Å². The van der Waals surface area contributed by atoms with E-state index in [0.717, 1.165) is 64.6 Å². The van der Waals surface area contributed by atoms with Gasteiger partial charge in [-0.05, 0) is 131 Å². The Hall–Kier alpha value is -3.92. The fraction of sp³-hybridized carbons (Fsp3) is 0.385. The SMILES string of the molecule is Cc1cc(Cc2cc(C(C)(C)C3CCC(C)(c4cc(C)c(O)c(Cc5ccc(O)cc5)c4)CC3)cc(C)c2O)ccc1O. The summed E-state index contributed by atoms with van der Waals surface area (Å²) in [5.74, 6) is 1.75. The number of benzene rings is 4. The quantitative estimate of drug-likeness (QED) is 0.176. The first-order chi connectivity index (χ1) is 20.3. The topological polar surface area (TPSA) is 80.9 Å². The first kappa shape index (κ1) is 30.5. The van der Waals surface area contributed by atoms with Crippen molar-refractivity contribution < 1.29 is 20.4 Å². The third kappa shape index (κ3) is 6.25. The molecule has 0 saturated heterocycles. The van der Waals surface area contributed by atoms with E-state index in [1.807, 2.05) is 45.0 Å². The third-order valence-electron chi connectivity index (χ3n) is 10.3. The molecule has 0 amide bonds. The molecule has 0 atom stereocenters. The first-order valence-corrected chi connectivity index (χ1v) is 15.5. The minimum atomic E-state index is -0.0612. The zero-order valence-electron chi connectivity index (χ0n) is 26.5. The van der Waals surface area contributed by atoms with E-state index in [-0.39, 0.29) is 16.6 Å². The number of phenols is 4. The standard InChI is InChI=1S/C39H46O4/c1-24-17-28(9-12-35(24)41)21-30-22-32(18-25(2)36(30)42)38(4,5)31-13-15-39(6,16-14-31)33-19-26(3)37(43)29(23-33)20-27-7-10-34(40)11-8-27/h7-12,17-19,22-23,31,40-43H,13-16,20-21H2,1-6H3. The molecule has 0 radical (unpaired) electrons. The first-order valence-electron chi connectivity index (χ1n) is 15.5. The van der Waals surface area contributed by atoms with Crippen molar-refractivity contribution in [2.75, 3.05) is 0 Å². The minimum Gasteiger partial charge on any atom is -0.508 e. The van der Waals surface area contributed by atoms with Gasteiger partial charge in [0.05, 0.1) is 0 Å². The maximum absolute atomic E-state index is 11.0. The Morgan fingerprint density at radius 2 is 1.23 bits per heavy atom. The molecule has 4 aromatic carbocycles. The highest BCUT2D eigenvalue weighted by molar-refractivity contribution is 5.50. The maximum Gasteiger partial charge on any atom is 0.122 e. The van der Waals surface area contributed by atoms with Crippen LogP contribution in [0.1, 0.15) is 96.5 Å². The van der Waals surface area contributed by atoms with Crippen LogP contribution >= 0.6 is 0 Å². The Balaban J connectivity index is 1.35. The molecule has 4 nitrogen and oxygen atoms in total. The van der Waals surface area contributed by atoms with E-state index in [4.69, 9.17) is 0 Å². The predicted octanol–water partition coefficient (Wildman–Crippen LogP) is 9.04. The molecule has 4 N–H and O–H groups in total. The Kier molecular flexibility index (Phi) is 8.26. The fourth-order valence-electron chi connectivity index (χ4n) is 7.08. The predicted molar refractivity (Wildman–Crippen MR) is 175 cm³/mol. The highest BCUT2D eigenvalue weighted by Gasteiger charge is 2.40. The number of rotatable bonds is 7. The summed E-state index contributed by atoms with van der Waals surface area (Å²) in [6.45, 7) is 12.9. The Morgan fingerprint density at radius 3 is 1.86 bits per heavy atom. The summed E-state index contributed by atoms with van der Waals surface area (Å²) in [6.07, 6.45) is 5.58. The molecule has 0 unspecified atom stereocenters. The molecule has 5 rings (SSSR count). The van der Waals surface area contributed by atoms with Crippen LogP contribution in [0.15, 0.2) is 66.7 Å². The van der Waals surface area contributed by atoms with Crippen molar-refractivity contribution in [2.24, 2.45) is 5.92 Å². The van der Waals surface area contributed by atoms with Crippen LogP contribution in [0.4, 0.5) is 0 Å². The molecular formula is C39H46O4.